The van der Waals surface area contributed by atoms with Crippen molar-refractivity contribution in [1.29, 1.82) is 0 Å². The van der Waals surface area contributed by atoms with Crippen LogP contribution in [0.3, 0.4) is 0 Å². The minimum atomic E-state index is -0.371. The van der Waals surface area contributed by atoms with E-state index in [4.69, 9.17) is 0 Å². The number of hydrogen-bond acceptors (Lipinski definition) is 6. The fourth-order valence-electron chi connectivity index (χ4n) is 3.30. The van der Waals surface area contributed by atoms with E-state index >= 15 is 0 Å². The van der Waals surface area contributed by atoms with E-state index < -0.39 is 0 Å². The number of unbranched alkanes of at least 4 members (excludes halogenated alkanes) is 2. The van der Waals surface area contributed by atoms with Crippen molar-refractivity contribution < 1.29 is 0 Å². The molecule has 0 bridgehead atoms. The Morgan fingerprint density at radius 2 is 1.37 bits per heavy atom. The van der Waals surface area contributed by atoms with E-state index in [9.17, 15) is 19.2 Å². The molecule has 35 heavy (non-hydrogen) atoms. The van der Waals surface area contributed by atoms with Crippen molar-refractivity contribution >= 4 is 38.3 Å². The summed E-state index contributed by atoms with van der Waals surface area (Å²) in [7, 11) is 6.12. The number of aromatic amines is 1. The molecule has 0 saturated heterocycles. The molecule has 0 aliphatic carbocycles. The van der Waals surface area contributed by atoms with Crippen LogP contribution in [-0.2, 0) is 34.7 Å². The minimum Gasteiger partial charge on any atom is -0.339 e. The topological polar surface area (TPSA) is 134 Å². The van der Waals surface area contributed by atoms with Crippen LogP contribution in [0.1, 0.15) is 39.5 Å². The average Bonchev–Trinajstić information content (AvgIpc) is 3.51. The summed E-state index contributed by atoms with van der Waals surface area (Å²) in [4.78, 5) is 57.3. The Kier molecular flexibility index (Phi) is 9.99. The lowest BCUT2D eigenvalue weighted by molar-refractivity contribution is 0.638. The molecule has 0 aliphatic heterocycles. The van der Waals surface area contributed by atoms with Gasteiger partial charge in [-0.1, -0.05) is 42.6 Å². The first-order chi connectivity index (χ1) is 16.6. The van der Waals surface area contributed by atoms with Gasteiger partial charge in [0.15, 0.2) is 16.8 Å². The van der Waals surface area contributed by atoms with Crippen LogP contribution in [0.4, 0.5) is 0 Å². The Morgan fingerprint density at radius 3 is 1.91 bits per heavy atom. The van der Waals surface area contributed by atoms with E-state index in [1.807, 2.05) is 4.57 Å². The van der Waals surface area contributed by atoms with Gasteiger partial charge in [0.05, 0.1) is 12.7 Å². The molecule has 12 nitrogen and oxygen atoms in total. The Hall–Kier alpha value is -3.22. The maximum absolute atomic E-state index is 12.0. The molecule has 4 heterocycles. The number of nitrogens with zero attached hydrogens (tertiary/aromatic N) is 7. The van der Waals surface area contributed by atoms with Crippen molar-refractivity contribution in [1.82, 2.24) is 37.8 Å². The highest BCUT2D eigenvalue weighted by Crippen LogP contribution is 2.06. The van der Waals surface area contributed by atoms with E-state index in [-0.39, 0.29) is 22.5 Å². The number of nitrogens with one attached hydrogen (secondary N) is 1. The van der Waals surface area contributed by atoms with E-state index in [2.05, 4.69) is 44.7 Å². The summed E-state index contributed by atoms with van der Waals surface area (Å²) in [6.07, 6.45) is 7.65. The molecule has 4 aromatic heterocycles. The normalized spacial score (nSPS) is 10.7. The quantitative estimate of drug-likeness (QED) is 0.371. The van der Waals surface area contributed by atoms with E-state index in [0.717, 1.165) is 33.9 Å². The third-order valence-corrected chi connectivity index (χ3v) is 6.05. The maximum Gasteiger partial charge on any atom is 0.332 e. The summed E-state index contributed by atoms with van der Waals surface area (Å²) in [5.74, 6) is 0. The van der Waals surface area contributed by atoms with Crippen LogP contribution < -0.4 is 22.5 Å². The van der Waals surface area contributed by atoms with Gasteiger partial charge in [0.1, 0.15) is 5.52 Å². The van der Waals surface area contributed by atoms with Gasteiger partial charge in [0.25, 0.3) is 11.1 Å². The molecule has 0 aromatic carbocycles. The smallest absolute Gasteiger partial charge is 0.332 e. The Balaban J connectivity index is 0.000000212. The maximum atomic E-state index is 12.0. The predicted octanol–water partition coefficient (Wildman–Crippen LogP) is 1.38. The van der Waals surface area contributed by atoms with Gasteiger partial charge in [-0.05, 0) is 12.8 Å². The SMILES string of the molecule is CCCCBr.CCCCn1cnc2c1c(=O)n(C)c(=O)n2C.Cn1c(=O)c2[nH]cnc2n(C)c1=O. The highest BCUT2D eigenvalue weighted by atomic mass is 79.9. The molecule has 0 unspecified atom stereocenters. The molecule has 0 amide bonds. The van der Waals surface area contributed by atoms with Crippen molar-refractivity contribution in [2.75, 3.05) is 5.33 Å². The van der Waals surface area contributed by atoms with Gasteiger partial charge in [-0.25, -0.2) is 19.6 Å². The van der Waals surface area contributed by atoms with Gasteiger partial charge in [-0.15, -0.1) is 0 Å². The first-order valence-electron chi connectivity index (χ1n) is 11.4. The van der Waals surface area contributed by atoms with Crippen LogP contribution in [0.15, 0.2) is 31.8 Å². The van der Waals surface area contributed by atoms with Gasteiger partial charge >= 0.3 is 11.4 Å². The highest BCUT2D eigenvalue weighted by Gasteiger charge is 2.13. The standard InChI is InChI=1S/C11H16N4O2.C7H8N4O2.C4H9Br/c1-4-5-6-15-7-12-9-8(15)10(16)14(3)11(17)13(9)2;1-10-5-4(8-3-9-5)6(12)11(2)7(10)13;1-2-3-4-5/h7H,4-6H2,1-3H3;3H,1-2H3,(H,8,9);2-4H2,1H3. The summed E-state index contributed by atoms with van der Waals surface area (Å²) < 4.78 is 6.71. The van der Waals surface area contributed by atoms with Crippen molar-refractivity contribution in [2.24, 2.45) is 28.2 Å². The zero-order valence-electron chi connectivity index (χ0n) is 21.0. The lowest BCUT2D eigenvalue weighted by Crippen LogP contribution is -2.37. The largest absolute Gasteiger partial charge is 0.339 e. The molecular formula is C22H33BrN8O4. The molecule has 0 saturated carbocycles. The van der Waals surface area contributed by atoms with Crippen molar-refractivity contribution in [3.05, 3.63) is 54.3 Å². The number of alkyl halides is 1. The zero-order valence-corrected chi connectivity index (χ0v) is 22.6. The molecular weight excluding hydrogens is 520 g/mol. The number of fused-ring (bicyclic) bond motifs is 2. The molecule has 1 N–H and O–H groups in total. The van der Waals surface area contributed by atoms with Gasteiger partial charge in [0, 0.05) is 40.1 Å². The zero-order chi connectivity index (χ0) is 26.3. The second-order valence-electron chi connectivity index (χ2n) is 8.02. The van der Waals surface area contributed by atoms with E-state index in [1.54, 1.807) is 20.4 Å². The molecule has 192 valence electrons. The number of H-pyrrole nitrogens is 1. The molecule has 4 aromatic rings. The highest BCUT2D eigenvalue weighted by molar-refractivity contribution is 9.09. The molecule has 0 radical (unpaired) electrons. The van der Waals surface area contributed by atoms with Crippen LogP contribution in [0.5, 0.6) is 0 Å². The fraction of sp³-hybridized carbons (Fsp3) is 0.545. The Labute approximate surface area is 210 Å². The minimum absolute atomic E-state index is 0.281. The number of aryl methyl sites for hydroxylation is 3. The first kappa shape index (κ1) is 28.0. The number of rotatable bonds is 5. The summed E-state index contributed by atoms with van der Waals surface area (Å²) >= 11 is 3.31. The van der Waals surface area contributed by atoms with Crippen LogP contribution in [0, 0.1) is 0 Å². The van der Waals surface area contributed by atoms with Crippen molar-refractivity contribution in [3.8, 4) is 0 Å². The van der Waals surface area contributed by atoms with E-state index in [0.29, 0.717) is 22.3 Å². The second-order valence-corrected chi connectivity index (χ2v) is 8.81. The molecule has 0 aliphatic rings. The van der Waals surface area contributed by atoms with E-state index in [1.165, 1.54) is 42.4 Å². The molecule has 0 spiro atoms. The molecule has 13 heteroatoms. The molecule has 4 rings (SSSR count). The third-order valence-electron chi connectivity index (χ3n) is 5.49. The van der Waals surface area contributed by atoms with Gasteiger partial charge in [0.2, 0.25) is 0 Å². The Bertz CT molecular complexity index is 1520. The van der Waals surface area contributed by atoms with Crippen molar-refractivity contribution in [2.45, 2.75) is 46.1 Å². The number of imidazole rings is 2. The lowest BCUT2D eigenvalue weighted by Gasteiger charge is -2.05. The summed E-state index contributed by atoms with van der Waals surface area (Å²) in [5, 5.41) is 1.16. The summed E-state index contributed by atoms with van der Waals surface area (Å²) in [5.41, 5.74) is 0.343. The average molecular weight is 553 g/mol. The monoisotopic (exact) mass is 552 g/mol. The molecule has 0 atom stereocenters. The lowest BCUT2D eigenvalue weighted by atomic mass is 10.3. The second kappa shape index (κ2) is 12.5. The fourth-order valence-corrected chi connectivity index (χ4v) is 3.86. The third kappa shape index (κ3) is 5.89. The van der Waals surface area contributed by atoms with Gasteiger partial charge in [-0.3, -0.25) is 27.9 Å². The number of aromatic nitrogens is 8. The number of hydrogen-bond donors (Lipinski definition) is 1. The van der Waals surface area contributed by atoms with Crippen LogP contribution in [-0.4, -0.2) is 43.1 Å². The van der Waals surface area contributed by atoms with Gasteiger partial charge < -0.3 is 9.55 Å². The first-order valence-corrected chi connectivity index (χ1v) is 12.5. The van der Waals surface area contributed by atoms with Crippen molar-refractivity contribution in [3.63, 3.8) is 0 Å². The summed E-state index contributed by atoms with van der Waals surface area (Å²) in [6, 6.07) is 0. The van der Waals surface area contributed by atoms with Crippen LogP contribution in [0.2, 0.25) is 0 Å². The predicted molar refractivity (Wildman–Crippen MR) is 140 cm³/mol. The Morgan fingerprint density at radius 1 is 0.800 bits per heavy atom. The van der Waals surface area contributed by atoms with Crippen LogP contribution >= 0.6 is 15.9 Å². The van der Waals surface area contributed by atoms with Gasteiger partial charge in [-0.2, -0.15) is 0 Å². The van der Waals surface area contributed by atoms with Crippen LogP contribution in [0.25, 0.3) is 22.3 Å². The number of halogens is 1. The molecule has 0 fully saturated rings. The summed E-state index contributed by atoms with van der Waals surface area (Å²) in [6.45, 7) is 5.02.